The Morgan fingerprint density at radius 1 is 1.41 bits per heavy atom. The Labute approximate surface area is 114 Å². The third-order valence-electron chi connectivity index (χ3n) is 3.03. The summed E-state index contributed by atoms with van der Waals surface area (Å²) >= 11 is 5.14. The molecule has 1 fully saturated rings. The Morgan fingerprint density at radius 2 is 2.00 bits per heavy atom. The van der Waals surface area contributed by atoms with E-state index in [9.17, 15) is 8.42 Å². The molecular weight excluding hydrogens is 324 g/mol. The van der Waals surface area contributed by atoms with E-state index in [0.29, 0.717) is 19.0 Å². The minimum absolute atomic E-state index is 0.406. The molecule has 0 aliphatic carbocycles. The minimum Gasteiger partial charge on any atom is -0.245 e. The predicted molar refractivity (Wildman–Crippen MR) is 72.9 cm³/mol. The summed E-state index contributed by atoms with van der Waals surface area (Å²) in [4.78, 5) is 4.52. The van der Waals surface area contributed by atoms with E-state index in [1.165, 1.54) is 6.26 Å². The second-order valence-corrected chi connectivity index (χ2v) is 8.68. The lowest BCUT2D eigenvalue weighted by atomic mass is 9.99. The van der Waals surface area contributed by atoms with E-state index >= 15 is 0 Å². The van der Waals surface area contributed by atoms with Crippen LogP contribution in [-0.4, -0.2) is 37.1 Å². The maximum absolute atomic E-state index is 11.4. The zero-order valence-electron chi connectivity index (χ0n) is 9.81. The highest BCUT2D eigenvalue weighted by Crippen LogP contribution is 2.35. The molecule has 0 bridgehead atoms. The molecular formula is C10H15BrN2O2S2. The summed E-state index contributed by atoms with van der Waals surface area (Å²) in [7, 11) is -3.03. The number of nitrogens with zero attached hydrogens (tertiary/aromatic N) is 2. The molecule has 0 spiro atoms. The van der Waals surface area contributed by atoms with Gasteiger partial charge in [0.25, 0.3) is 0 Å². The molecule has 2 heterocycles. The Balaban J connectivity index is 2.04. The average Bonchev–Trinajstić information content (AvgIpc) is 2.58. The smallest absolute Gasteiger partial charge is 0.211 e. The first-order chi connectivity index (χ1) is 7.88. The fraction of sp³-hybridized carbons (Fsp3) is 0.700. The molecule has 0 aromatic carbocycles. The molecule has 1 aromatic rings. The van der Waals surface area contributed by atoms with Crippen LogP contribution < -0.4 is 0 Å². The van der Waals surface area contributed by atoms with Crippen LogP contribution in [-0.2, 0) is 10.0 Å². The average molecular weight is 339 g/mol. The zero-order valence-corrected chi connectivity index (χ0v) is 13.0. The molecule has 4 nitrogen and oxygen atoms in total. The minimum atomic E-state index is -3.03. The molecule has 0 radical (unpaired) electrons. The van der Waals surface area contributed by atoms with Gasteiger partial charge in [-0.25, -0.2) is 17.7 Å². The third kappa shape index (κ3) is 3.07. The first-order valence-electron chi connectivity index (χ1n) is 5.46. The van der Waals surface area contributed by atoms with Crippen molar-refractivity contribution in [2.75, 3.05) is 19.3 Å². The Kier molecular flexibility index (Phi) is 3.92. The van der Waals surface area contributed by atoms with Gasteiger partial charge in [-0.2, -0.15) is 0 Å². The van der Waals surface area contributed by atoms with E-state index in [1.54, 1.807) is 15.6 Å². The largest absolute Gasteiger partial charge is 0.245 e. The predicted octanol–water partition coefficient (Wildman–Crippen LogP) is 2.35. The van der Waals surface area contributed by atoms with Crippen molar-refractivity contribution >= 4 is 37.3 Å². The fourth-order valence-corrected chi connectivity index (χ4v) is 4.43. The van der Waals surface area contributed by atoms with E-state index < -0.39 is 10.0 Å². The fourth-order valence-electron chi connectivity index (χ4n) is 2.01. The topological polar surface area (TPSA) is 50.3 Å². The summed E-state index contributed by atoms with van der Waals surface area (Å²) in [5, 5.41) is 1.13. The molecule has 0 amide bonds. The van der Waals surface area contributed by atoms with Crippen LogP contribution in [0.3, 0.4) is 0 Å². The molecule has 1 aliphatic heterocycles. The standard InChI is InChI=1S/C10H15BrN2O2S2/c1-7-9(11)16-10(12-7)8-3-5-13(6-4-8)17(2,14)15/h8H,3-6H2,1-2H3. The summed E-state index contributed by atoms with van der Waals surface area (Å²) in [6, 6.07) is 0. The third-order valence-corrected chi connectivity index (χ3v) is 6.50. The van der Waals surface area contributed by atoms with Crippen LogP contribution in [0.1, 0.15) is 29.5 Å². The van der Waals surface area contributed by atoms with Crippen LogP contribution in [0.4, 0.5) is 0 Å². The van der Waals surface area contributed by atoms with Crippen LogP contribution in [0.25, 0.3) is 0 Å². The quantitative estimate of drug-likeness (QED) is 0.831. The van der Waals surface area contributed by atoms with Crippen LogP contribution in [0.15, 0.2) is 3.79 Å². The van der Waals surface area contributed by atoms with Crippen molar-refractivity contribution in [3.8, 4) is 0 Å². The van der Waals surface area contributed by atoms with Gasteiger partial charge >= 0.3 is 0 Å². The number of halogens is 1. The first kappa shape index (κ1) is 13.5. The summed E-state index contributed by atoms with van der Waals surface area (Å²) in [6.07, 6.45) is 3.01. The van der Waals surface area contributed by atoms with Crippen LogP contribution in [0.5, 0.6) is 0 Å². The molecule has 0 unspecified atom stereocenters. The van der Waals surface area contributed by atoms with E-state index in [4.69, 9.17) is 0 Å². The monoisotopic (exact) mass is 338 g/mol. The molecule has 1 saturated heterocycles. The number of sulfonamides is 1. The van der Waals surface area contributed by atoms with Gasteiger partial charge in [0.2, 0.25) is 10.0 Å². The van der Waals surface area contributed by atoms with Gasteiger partial charge in [-0.15, -0.1) is 11.3 Å². The Morgan fingerprint density at radius 3 is 2.41 bits per heavy atom. The number of piperidine rings is 1. The number of thiazole rings is 1. The van der Waals surface area contributed by atoms with Gasteiger partial charge < -0.3 is 0 Å². The number of aromatic nitrogens is 1. The highest BCUT2D eigenvalue weighted by Gasteiger charge is 2.27. The molecule has 2 rings (SSSR count). The molecule has 17 heavy (non-hydrogen) atoms. The summed E-state index contributed by atoms with van der Waals surface area (Å²) in [6.45, 7) is 3.20. The molecule has 96 valence electrons. The van der Waals surface area contributed by atoms with Gasteiger partial charge in [0.1, 0.15) is 0 Å². The van der Waals surface area contributed by atoms with Gasteiger partial charge in [-0.1, -0.05) is 0 Å². The number of hydrogen-bond acceptors (Lipinski definition) is 4. The lowest BCUT2D eigenvalue weighted by Crippen LogP contribution is -2.37. The van der Waals surface area contributed by atoms with Crippen molar-refractivity contribution in [1.29, 1.82) is 0 Å². The normalized spacial score (nSPS) is 19.7. The second kappa shape index (κ2) is 4.95. The van der Waals surface area contributed by atoms with Crippen molar-refractivity contribution < 1.29 is 8.42 Å². The van der Waals surface area contributed by atoms with Gasteiger partial charge in [-0.3, -0.25) is 0 Å². The number of aryl methyl sites for hydroxylation is 1. The van der Waals surface area contributed by atoms with E-state index in [2.05, 4.69) is 20.9 Å². The summed E-state index contributed by atoms with van der Waals surface area (Å²) in [5.41, 5.74) is 1.02. The van der Waals surface area contributed by atoms with Crippen molar-refractivity contribution in [3.63, 3.8) is 0 Å². The highest BCUT2D eigenvalue weighted by molar-refractivity contribution is 9.11. The SMILES string of the molecule is Cc1nc(C2CCN(S(C)(=O)=O)CC2)sc1Br. The lowest BCUT2D eigenvalue weighted by Gasteiger charge is -2.29. The van der Waals surface area contributed by atoms with Crippen LogP contribution >= 0.6 is 27.3 Å². The summed E-state index contributed by atoms with van der Waals surface area (Å²) in [5.74, 6) is 0.406. The molecule has 7 heteroatoms. The Hall–Kier alpha value is 0.0200. The van der Waals surface area contributed by atoms with Crippen LogP contribution in [0, 0.1) is 6.92 Å². The van der Waals surface area contributed by atoms with Crippen LogP contribution in [0.2, 0.25) is 0 Å². The lowest BCUT2D eigenvalue weighted by molar-refractivity contribution is 0.321. The van der Waals surface area contributed by atoms with Gasteiger partial charge in [0.05, 0.1) is 20.7 Å². The molecule has 0 atom stereocenters. The number of hydrogen-bond donors (Lipinski definition) is 0. The molecule has 1 aromatic heterocycles. The van der Waals surface area contributed by atoms with Crippen molar-refractivity contribution in [1.82, 2.24) is 9.29 Å². The first-order valence-corrected chi connectivity index (χ1v) is 8.91. The molecule has 1 aliphatic rings. The van der Waals surface area contributed by atoms with E-state index in [-0.39, 0.29) is 0 Å². The maximum Gasteiger partial charge on any atom is 0.211 e. The van der Waals surface area contributed by atoms with Crippen molar-refractivity contribution in [2.45, 2.75) is 25.7 Å². The van der Waals surface area contributed by atoms with E-state index in [0.717, 1.165) is 27.3 Å². The summed E-state index contributed by atoms with van der Waals surface area (Å²) < 4.78 is 25.4. The van der Waals surface area contributed by atoms with Crippen molar-refractivity contribution in [3.05, 3.63) is 14.5 Å². The second-order valence-electron chi connectivity index (χ2n) is 4.35. The van der Waals surface area contributed by atoms with E-state index in [1.807, 2.05) is 6.92 Å². The highest BCUT2D eigenvalue weighted by atomic mass is 79.9. The molecule has 0 saturated carbocycles. The molecule has 0 N–H and O–H groups in total. The van der Waals surface area contributed by atoms with Crippen molar-refractivity contribution in [2.24, 2.45) is 0 Å². The number of rotatable bonds is 2. The Bertz CT molecular complexity index is 485. The maximum atomic E-state index is 11.4. The zero-order chi connectivity index (χ0) is 12.6. The van der Waals surface area contributed by atoms with Gasteiger partial charge in [0.15, 0.2) is 0 Å². The van der Waals surface area contributed by atoms with Gasteiger partial charge in [-0.05, 0) is 35.7 Å². The van der Waals surface area contributed by atoms with Gasteiger partial charge in [0, 0.05) is 19.0 Å².